The summed E-state index contributed by atoms with van der Waals surface area (Å²) in [6.45, 7) is 6.83. The lowest BCUT2D eigenvalue weighted by molar-refractivity contribution is -0.139. The molecule has 2 rings (SSSR count). The van der Waals surface area contributed by atoms with Gasteiger partial charge in [-0.3, -0.25) is 13.9 Å². The molecule has 0 aromatic heterocycles. The van der Waals surface area contributed by atoms with Crippen LogP contribution < -0.4 is 14.4 Å². The van der Waals surface area contributed by atoms with Crippen LogP contribution in [-0.2, 0) is 26.2 Å². The SMILES string of the molecule is COc1ccc(Cl)cc1N(CC(=O)N(Cc1ccc(C)cc1)C(C)C(=O)NC(C)C)S(C)(=O)=O. The number of nitrogens with zero attached hydrogens (tertiary/aromatic N) is 2. The van der Waals surface area contributed by atoms with Crippen molar-refractivity contribution in [2.75, 3.05) is 24.2 Å². The normalized spacial score (nSPS) is 12.2. The van der Waals surface area contributed by atoms with E-state index in [0.717, 1.165) is 21.7 Å². The van der Waals surface area contributed by atoms with E-state index in [1.807, 2.05) is 45.0 Å². The van der Waals surface area contributed by atoms with Crippen LogP contribution in [0.3, 0.4) is 0 Å². The van der Waals surface area contributed by atoms with Crippen LogP contribution in [0.2, 0.25) is 5.02 Å². The zero-order chi connectivity index (χ0) is 25.6. The lowest BCUT2D eigenvalue weighted by Crippen LogP contribution is -2.52. The van der Waals surface area contributed by atoms with E-state index in [1.54, 1.807) is 13.0 Å². The Kier molecular flexibility index (Phi) is 9.35. The molecule has 2 aromatic rings. The van der Waals surface area contributed by atoms with E-state index in [0.29, 0.717) is 0 Å². The highest BCUT2D eigenvalue weighted by Crippen LogP contribution is 2.33. The molecule has 1 unspecified atom stereocenters. The second-order valence-corrected chi connectivity index (χ2v) is 10.8. The molecule has 0 aliphatic carbocycles. The van der Waals surface area contributed by atoms with Crippen molar-refractivity contribution in [1.82, 2.24) is 10.2 Å². The summed E-state index contributed by atoms with van der Waals surface area (Å²) in [6.07, 6.45) is 1.000. The smallest absolute Gasteiger partial charge is 0.244 e. The first-order chi connectivity index (χ1) is 15.8. The Balaban J connectivity index is 2.45. The average molecular weight is 510 g/mol. The number of methoxy groups -OCH3 is 1. The Hall–Kier alpha value is -2.78. The van der Waals surface area contributed by atoms with Gasteiger partial charge in [-0.25, -0.2) is 8.42 Å². The molecular weight excluding hydrogens is 478 g/mol. The van der Waals surface area contributed by atoms with Crippen molar-refractivity contribution in [1.29, 1.82) is 0 Å². The van der Waals surface area contributed by atoms with Crippen LogP contribution in [0.5, 0.6) is 5.75 Å². The second-order valence-electron chi connectivity index (χ2n) is 8.43. The highest BCUT2D eigenvalue weighted by atomic mass is 35.5. The lowest BCUT2D eigenvalue weighted by Gasteiger charge is -2.32. The minimum Gasteiger partial charge on any atom is -0.495 e. The van der Waals surface area contributed by atoms with E-state index >= 15 is 0 Å². The summed E-state index contributed by atoms with van der Waals surface area (Å²) in [5.41, 5.74) is 2.01. The highest BCUT2D eigenvalue weighted by Gasteiger charge is 2.31. The van der Waals surface area contributed by atoms with Gasteiger partial charge >= 0.3 is 0 Å². The van der Waals surface area contributed by atoms with Crippen LogP contribution in [0.25, 0.3) is 0 Å². The van der Waals surface area contributed by atoms with Crippen molar-refractivity contribution in [3.8, 4) is 5.75 Å². The van der Waals surface area contributed by atoms with Gasteiger partial charge in [0.05, 0.1) is 19.1 Å². The number of carbonyl (C=O) groups is 2. The molecule has 186 valence electrons. The maximum Gasteiger partial charge on any atom is 0.244 e. The van der Waals surface area contributed by atoms with Crippen molar-refractivity contribution in [3.63, 3.8) is 0 Å². The van der Waals surface area contributed by atoms with Gasteiger partial charge in [0, 0.05) is 17.6 Å². The Morgan fingerprint density at radius 1 is 1.09 bits per heavy atom. The minimum absolute atomic E-state index is 0.116. The molecule has 0 aliphatic heterocycles. The fourth-order valence-corrected chi connectivity index (χ4v) is 4.34. The van der Waals surface area contributed by atoms with Crippen LogP contribution in [-0.4, -0.2) is 57.1 Å². The molecule has 0 radical (unpaired) electrons. The van der Waals surface area contributed by atoms with Gasteiger partial charge in [-0.05, 0) is 51.5 Å². The predicted molar refractivity (Wildman–Crippen MR) is 135 cm³/mol. The third kappa shape index (κ3) is 7.36. The van der Waals surface area contributed by atoms with Gasteiger partial charge in [0.25, 0.3) is 0 Å². The summed E-state index contributed by atoms with van der Waals surface area (Å²) in [4.78, 5) is 27.7. The largest absolute Gasteiger partial charge is 0.495 e. The van der Waals surface area contributed by atoms with E-state index in [9.17, 15) is 18.0 Å². The molecule has 2 amide bonds. The average Bonchev–Trinajstić information content (AvgIpc) is 2.75. The number of halogens is 1. The number of anilines is 1. The molecule has 0 fully saturated rings. The number of nitrogens with one attached hydrogen (secondary N) is 1. The number of hydrogen-bond donors (Lipinski definition) is 1. The van der Waals surface area contributed by atoms with E-state index < -0.39 is 28.5 Å². The highest BCUT2D eigenvalue weighted by molar-refractivity contribution is 7.92. The molecule has 0 aliphatic rings. The van der Waals surface area contributed by atoms with Crippen LogP contribution in [0, 0.1) is 6.92 Å². The number of benzene rings is 2. The maximum absolute atomic E-state index is 13.5. The molecule has 8 nitrogen and oxygen atoms in total. The number of aryl methyl sites for hydroxylation is 1. The van der Waals surface area contributed by atoms with Crippen molar-refractivity contribution in [2.24, 2.45) is 0 Å². The Morgan fingerprint density at radius 3 is 2.24 bits per heavy atom. The standard InChI is InChI=1S/C24H32ClN3O5S/c1-16(2)26-24(30)18(4)27(14-19-9-7-17(3)8-10-19)23(29)15-28(34(6,31)32)21-13-20(25)11-12-22(21)33-5/h7-13,16,18H,14-15H2,1-6H3,(H,26,30). The molecule has 0 bridgehead atoms. The number of carbonyl (C=O) groups excluding carboxylic acids is 2. The fourth-order valence-electron chi connectivity index (χ4n) is 3.33. The van der Waals surface area contributed by atoms with Crippen molar-refractivity contribution >= 4 is 39.1 Å². The number of amides is 2. The first-order valence-electron chi connectivity index (χ1n) is 10.8. The van der Waals surface area contributed by atoms with Crippen molar-refractivity contribution in [2.45, 2.75) is 46.3 Å². The first-order valence-corrected chi connectivity index (χ1v) is 13.0. The van der Waals surface area contributed by atoms with Gasteiger partial charge in [0.2, 0.25) is 21.8 Å². The molecule has 0 heterocycles. The summed E-state index contributed by atoms with van der Waals surface area (Å²) in [7, 11) is -2.49. The van der Waals surface area contributed by atoms with E-state index in [2.05, 4.69) is 5.32 Å². The summed E-state index contributed by atoms with van der Waals surface area (Å²) in [5, 5.41) is 3.10. The van der Waals surface area contributed by atoms with Gasteiger partial charge in [-0.1, -0.05) is 41.4 Å². The van der Waals surface area contributed by atoms with Gasteiger partial charge in [-0.2, -0.15) is 0 Å². The predicted octanol–water partition coefficient (Wildman–Crippen LogP) is 3.36. The Morgan fingerprint density at radius 2 is 1.71 bits per heavy atom. The number of rotatable bonds is 10. The molecule has 0 saturated carbocycles. The van der Waals surface area contributed by atoms with E-state index in [1.165, 1.54) is 24.1 Å². The minimum atomic E-state index is -3.89. The van der Waals surface area contributed by atoms with Crippen LogP contribution >= 0.6 is 11.6 Å². The molecule has 1 atom stereocenters. The zero-order valence-corrected chi connectivity index (χ0v) is 21.9. The molecular formula is C24H32ClN3O5S. The first kappa shape index (κ1) is 27.5. The van der Waals surface area contributed by atoms with E-state index in [4.69, 9.17) is 16.3 Å². The maximum atomic E-state index is 13.5. The van der Waals surface area contributed by atoms with Crippen LogP contribution in [0.4, 0.5) is 5.69 Å². The number of hydrogen-bond acceptors (Lipinski definition) is 5. The molecule has 1 N–H and O–H groups in total. The molecule has 10 heteroatoms. The number of ether oxygens (including phenoxy) is 1. The van der Waals surface area contributed by atoms with Crippen LogP contribution in [0.1, 0.15) is 31.9 Å². The van der Waals surface area contributed by atoms with Crippen molar-refractivity contribution < 1.29 is 22.7 Å². The van der Waals surface area contributed by atoms with Gasteiger partial charge < -0.3 is 15.0 Å². The van der Waals surface area contributed by atoms with Gasteiger partial charge in [0.1, 0.15) is 18.3 Å². The molecule has 2 aromatic carbocycles. The van der Waals surface area contributed by atoms with E-state index in [-0.39, 0.29) is 35.0 Å². The third-order valence-electron chi connectivity index (χ3n) is 5.16. The molecule has 0 spiro atoms. The number of sulfonamides is 1. The lowest BCUT2D eigenvalue weighted by atomic mass is 10.1. The quantitative estimate of drug-likeness (QED) is 0.529. The summed E-state index contributed by atoms with van der Waals surface area (Å²) in [5.74, 6) is -0.626. The monoisotopic (exact) mass is 509 g/mol. The Labute approximate surface area is 206 Å². The Bertz CT molecular complexity index is 1120. The third-order valence-corrected chi connectivity index (χ3v) is 6.52. The summed E-state index contributed by atoms with van der Waals surface area (Å²) >= 11 is 6.10. The second kappa shape index (κ2) is 11.6. The van der Waals surface area contributed by atoms with Crippen LogP contribution in [0.15, 0.2) is 42.5 Å². The summed E-state index contributed by atoms with van der Waals surface area (Å²) in [6, 6.07) is 11.1. The van der Waals surface area contributed by atoms with Crippen molar-refractivity contribution in [3.05, 3.63) is 58.6 Å². The molecule has 34 heavy (non-hydrogen) atoms. The van der Waals surface area contributed by atoms with Gasteiger partial charge in [0.15, 0.2) is 0 Å². The topological polar surface area (TPSA) is 96.0 Å². The molecule has 0 saturated heterocycles. The summed E-state index contributed by atoms with van der Waals surface area (Å²) < 4.78 is 31.6. The fraction of sp³-hybridized carbons (Fsp3) is 0.417. The zero-order valence-electron chi connectivity index (χ0n) is 20.3. The van der Waals surface area contributed by atoms with Gasteiger partial charge in [-0.15, -0.1) is 0 Å².